The predicted octanol–water partition coefficient (Wildman–Crippen LogP) is 3.99. The van der Waals surface area contributed by atoms with Crippen molar-refractivity contribution in [2.24, 2.45) is 5.92 Å². The van der Waals surface area contributed by atoms with Gasteiger partial charge in [0, 0.05) is 24.3 Å². The quantitative estimate of drug-likeness (QED) is 0.605. The van der Waals surface area contributed by atoms with E-state index in [1.54, 1.807) is 19.9 Å². The van der Waals surface area contributed by atoms with Crippen molar-refractivity contribution in [2.45, 2.75) is 57.2 Å². The van der Waals surface area contributed by atoms with Crippen LogP contribution in [0.1, 0.15) is 51.5 Å². The molecule has 23 heavy (non-hydrogen) atoms. The molecule has 3 rings (SSSR count). The number of hydrogen-bond acceptors (Lipinski definition) is 4. The van der Waals surface area contributed by atoms with E-state index in [0.717, 1.165) is 37.7 Å². The number of benzene rings is 1. The van der Waals surface area contributed by atoms with Gasteiger partial charge in [0.25, 0.3) is 5.79 Å². The van der Waals surface area contributed by atoms with Crippen molar-refractivity contribution in [2.75, 3.05) is 0 Å². The number of ether oxygens (including phenoxy) is 2. The van der Waals surface area contributed by atoms with Crippen LogP contribution in [0, 0.1) is 5.92 Å². The van der Waals surface area contributed by atoms with Crippen molar-refractivity contribution < 1.29 is 19.1 Å². The molecular formula is C18H21ClO4. The molecule has 0 atom stereocenters. The molecule has 2 fully saturated rings. The summed E-state index contributed by atoms with van der Waals surface area (Å²) in [5.74, 6) is -3.11. The van der Waals surface area contributed by atoms with Gasteiger partial charge in [-0.25, -0.2) is 0 Å². The topological polar surface area (TPSA) is 52.6 Å². The van der Waals surface area contributed by atoms with Crippen LogP contribution in [0.25, 0.3) is 0 Å². The molecule has 0 unspecified atom stereocenters. The van der Waals surface area contributed by atoms with Crippen LogP contribution in [-0.4, -0.2) is 17.7 Å². The third-order valence-electron chi connectivity index (χ3n) is 4.86. The highest BCUT2D eigenvalue weighted by atomic mass is 35.5. The van der Waals surface area contributed by atoms with Gasteiger partial charge >= 0.3 is 11.9 Å². The summed E-state index contributed by atoms with van der Waals surface area (Å²) >= 11 is 6.15. The minimum atomic E-state index is -1.20. The van der Waals surface area contributed by atoms with Gasteiger partial charge in [-0.3, -0.25) is 9.59 Å². The summed E-state index contributed by atoms with van der Waals surface area (Å²) in [6.45, 7) is 3.15. The molecule has 0 radical (unpaired) electrons. The van der Waals surface area contributed by atoms with E-state index in [2.05, 4.69) is 0 Å². The second-order valence-electron chi connectivity index (χ2n) is 6.90. The molecule has 124 valence electrons. The van der Waals surface area contributed by atoms with Gasteiger partial charge in [0.05, 0.1) is 0 Å². The Bertz CT molecular complexity index is 612. The van der Waals surface area contributed by atoms with Crippen LogP contribution in [0.2, 0.25) is 5.02 Å². The lowest BCUT2D eigenvalue weighted by Gasteiger charge is -2.45. The first-order valence-electron chi connectivity index (χ1n) is 8.06. The fraction of sp³-hybridized carbons (Fsp3) is 0.556. The van der Waals surface area contributed by atoms with Crippen LogP contribution < -0.4 is 0 Å². The first kappa shape index (κ1) is 16.3. The third-order valence-corrected chi connectivity index (χ3v) is 5.10. The molecule has 0 amide bonds. The van der Waals surface area contributed by atoms with Gasteiger partial charge in [-0.1, -0.05) is 43.0 Å². The van der Waals surface area contributed by atoms with E-state index in [9.17, 15) is 9.59 Å². The molecule has 1 aromatic rings. The average Bonchev–Trinajstić information content (AvgIpc) is 2.46. The zero-order valence-corrected chi connectivity index (χ0v) is 14.2. The van der Waals surface area contributed by atoms with Crippen molar-refractivity contribution in [3.63, 3.8) is 0 Å². The van der Waals surface area contributed by atoms with Crippen molar-refractivity contribution in [1.29, 1.82) is 0 Å². The Labute approximate surface area is 141 Å². The average molecular weight is 337 g/mol. The molecule has 0 aromatic heterocycles. The molecule has 1 heterocycles. The van der Waals surface area contributed by atoms with Crippen molar-refractivity contribution in [3.8, 4) is 0 Å². The number of carbonyl (C=O) groups is 2. The van der Waals surface area contributed by atoms with E-state index < -0.39 is 29.1 Å². The molecule has 1 aliphatic heterocycles. The highest BCUT2D eigenvalue weighted by molar-refractivity contribution is 6.30. The molecule has 1 saturated heterocycles. The Morgan fingerprint density at radius 1 is 1.04 bits per heavy atom. The minimum Gasteiger partial charge on any atom is -0.422 e. The van der Waals surface area contributed by atoms with E-state index in [-0.39, 0.29) is 0 Å². The Morgan fingerprint density at radius 2 is 1.65 bits per heavy atom. The largest absolute Gasteiger partial charge is 0.422 e. The first-order valence-corrected chi connectivity index (χ1v) is 8.44. The standard InChI is InChI=1S/C18H21ClO4/c1-17(2)22-15(20)14(16(21)23-17)18(9-4-3-5-10-18)12-7-6-8-13(19)11-12/h6-8,11,14H,3-5,9-10H2,1-2H3. The number of cyclic esters (lactones) is 2. The van der Waals surface area contributed by atoms with E-state index in [1.807, 2.05) is 18.2 Å². The molecule has 1 saturated carbocycles. The zero-order valence-electron chi connectivity index (χ0n) is 13.4. The molecule has 4 nitrogen and oxygen atoms in total. The Hall–Kier alpha value is -1.55. The smallest absolute Gasteiger partial charge is 0.324 e. The van der Waals surface area contributed by atoms with E-state index in [1.165, 1.54) is 0 Å². The molecule has 1 aliphatic carbocycles. The van der Waals surface area contributed by atoms with Gasteiger partial charge in [0.1, 0.15) is 0 Å². The lowest BCUT2D eigenvalue weighted by molar-refractivity contribution is -0.244. The second-order valence-corrected chi connectivity index (χ2v) is 7.34. The van der Waals surface area contributed by atoms with Gasteiger partial charge in [-0.15, -0.1) is 0 Å². The summed E-state index contributed by atoms with van der Waals surface area (Å²) in [4.78, 5) is 25.3. The number of esters is 2. The molecule has 0 bridgehead atoms. The van der Waals surface area contributed by atoms with Gasteiger partial charge in [0.2, 0.25) is 0 Å². The lowest BCUT2D eigenvalue weighted by atomic mass is 9.61. The van der Waals surface area contributed by atoms with Gasteiger partial charge < -0.3 is 9.47 Å². The molecular weight excluding hydrogens is 316 g/mol. The summed E-state index contributed by atoms with van der Waals surface area (Å²) in [5.41, 5.74) is 0.330. The molecule has 2 aliphatic rings. The number of carbonyl (C=O) groups excluding carboxylic acids is 2. The molecule has 0 N–H and O–H groups in total. The van der Waals surface area contributed by atoms with Crippen LogP contribution >= 0.6 is 11.6 Å². The van der Waals surface area contributed by atoms with E-state index >= 15 is 0 Å². The summed E-state index contributed by atoms with van der Waals surface area (Å²) in [7, 11) is 0. The number of rotatable bonds is 2. The monoisotopic (exact) mass is 336 g/mol. The van der Waals surface area contributed by atoms with Crippen LogP contribution in [0.3, 0.4) is 0 Å². The first-order chi connectivity index (χ1) is 10.8. The molecule has 0 spiro atoms. The Balaban J connectivity index is 2.06. The Kier molecular flexibility index (Phi) is 4.13. The number of halogens is 1. The number of hydrogen-bond donors (Lipinski definition) is 0. The van der Waals surface area contributed by atoms with Crippen LogP contribution in [0.15, 0.2) is 24.3 Å². The highest BCUT2D eigenvalue weighted by Gasteiger charge is 2.55. The predicted molar refractivity (Wildman–Crippen MR) is 86.0 cm³/mol. The van der Waals surface area contributed by atoms with Crippen molar-refractivity contribution in [1.82, 2.24) is 0 Å². The summed E-state index contributed by atoms with van der Waals surface area (Å²) in [5, 5.41) is 0.602. The van der Waals surface area contributed by atoms with Crippen LogP contribution in [0.5, 0.6) is 0 Å². The molecule has 1 aromatic carbocycles. The van der Waals surface area contributed by atoms with Crippen LogP contribution in [-0.2, 0) is 24.5 Å². The second kappa shape index (κ2) is 5.82. The summed E-state index contributed by atoms with van der Waals surface area (Å²) < 4.78 is 10.7. The van der Waals surface area contributed by atoms with Gasteiger partial charge in [-0.2, -0.15) is 0 Å². The fourth-order valence-electron chi connectivity index (χ4n) is 3.90. The zero-order chi connectivity index (χ0) is 16.7. The van der Waals surface area contributed by atoms with Crippen molar-refractivity contribution >= 4 is 23.5 Å². The SMILES string of the molecule is CC1(C)OC(=O)C(C2(c3cccc(Cl)c3)CCCCC2)C(=O)O1. The van der Waals surface area contributed by atoms with Gasteiger partial charge in [0.15, 0.2) is 5.92 Å². The Morgan fingerprint density at radius 3 is 2.22 bits per heavy atom. The summed E-state index contributed by atoms with van der Waals surface area (Å²) in [6, 6.07) is 7.45. The normalized spacial score (nSPS) is 24.0. The third kappa shape index (κ3) is 2.97. The maximum atomic E-state index is 12.6. The van der Waals surface area contributed by atoms with E-state index in [4.69, 9.17) is 21.1 Å². The van der Waals surface area contributed by atoms with Crippen LogP contribution in [0.4, 0.5) is 0 Å². The highest BCUT2D eigenvalue weighted by Crippen LogP contribution is 2.48. The van der Waals surface area contributed by atoms with Crippen molar-refractivity contribution in [3.05, 3.63) is 34.9 Å². The minimum absolute atomic E-state index is 0.492. The maximum absolute atomic E-state index is 12.6. The van der Waals surface area contributed by atoms with E-state index in [0.29, 0.717) is 5.02 Å². The van der Waals surface area contributed by atoms with Gasteiger partial charge in [-0.05, 0) is 30.5 Å². The maximum Gasteiger partial charge on any atom is 0.324 e. The summed E-state index contributed by atoms with van der Waals surface area (Å²) in [6.07, 6.45) is 4.54. The lowest BCUT2D eigenvalue weighted by Crippen LogP contribution is -2.55. The fourth-order valence-corrected chi connectivity index (χ4v) is 4.09. The molecule has 5 heteroatoms.